The molecule has 5 nitrogen and oxygen atoms in total. The standard InChI is InChI=1S/C27H27ClFN3O2/c1-19(33)18-34-24-10-11-26(25(28)14-24)32-13-12-31(16-21-4-2-20(15-30)3-5-21)17-27(32)22-6-8-23(29)9-7-22/h2-11,14,19,27,33H,12-13,16-18H2,1H3/t19?,27-/m0/s1. The first-order chi connectivity index (χ1) is 16.4. The Hall–Kier alpha value is -3.11. The maximum absolute atomic E-state index is 13.6. The topological polar surface area (TPSA) is 59.7 Å². The predicted molar refractivity (Wildman–Crippen MR) is 132 cm³/mol. The lowest BCUT2D eigenvalue weighted by molar-refractivity contribution is 0.123. The summed E-state index contributed by atoms with van der Waals surface area (Å²) in [5, 5.41) is 19.1. The predicted octanol–water partition coefficient (Wildman–Crippen LogP) is 5.17. The Balaban J connectivity index is 1.57. The van der Waals surface area contributed by atoms with Crippen LogP contribution in [0.4, 0.5) is 10.1 Å². The fourth-order valence-electron chi connectivity index (χ4n) is 4.21. The average Bonchev–Trinajstić information content (AvgIpc) is 2.84. The Labute approximate surface area is 204 Å². The average molecular weight is 480 g/mol. The molecule has 1 aliphatic heterocycles. The Kier molecular flexibility index (Phi) is 7.69. The zero-order chi connectivity index (χ0) is 24.1. The summed E-state index contributed by atoms with van der Waals surface area (Å²) in [5.41, 5.74) is 3.69. The van der Waals surface area contributed by atoms with Crippen LogP contribution in [0.25, 0.3) is 0 Å². The molecule has 0 bridgehead atoms. The van der Waals surface area contributed by atoms with Gasteiger partial charge in [0.25, 0.3) is 0 Å². The quantitative estimate of drug-likeness (QED) is 0.506. The highest BCUT2D eigenvalue weighted by atomic mass is 35.5. The minimum Gasteiger partial charge on any atom is -0.491 e. The number of hydrogen-bond donors (Lipinski definition) is 1. The molecule has 0 aromatic heterocycles. The van der Waals surface area contributed by atoms with E-state index < -0.39 is 6.10 Å². The van der Waals surface area contributed by atoms with Gasteiger partial charge in [0.15, 0.2) is 0 Å². The molecule has 0 saturated carbocycles. The van der Waals surface area contributed by atoms with E-state index in [4.69, 9.17) is 21.6 Å². The molecule has 1 fully saturated rings. The molecule has 1 N–H and O–H groups in total. The maximum atomic E-state index is 13.6. The fraction of sp³-hybridized carbons (Fsp3) is 0.296. The number of aliphatic hydroxyl groups excluding tert-OH is 1. The van der Waals surface area contributed by atoms with Gasteiger partial charge in [0, 0.05) is 32.2 Å². The minimum absolute atomic E-state index is 0.0190. The molecule has 1 aliphatic rings. The van der Waals surface area contributed by atoms with Crippen LogP contribution >= 0.6 is 11.6 Å². The van der Waals surface area contributed by atoms with Gasteiger partial charge in [0.2, 0.25) is 0 Å². The molecule has 7 heteroatoms. The van der Waals surface area contributed by atoms with Crippen LogP contribution in [0.15, 0.2) is 66.7 Å². The van der Waals surface area contributed by atoms with Crippen LogP contribution in [-0.4, -0.2) is 42.4 Å². The summed E-state index contributed by atoms with van der Waals surface area (Å²) < 4.78 is 19.2. The first-order valence-electron chi connectivity index (χ1n) is 11.3. The Morgan fingerprint density at radius 3 is 2.50 bits per heavy atom. The van der Waals surface area contributed by atoms with Gasteiger partial charge in [0.05, 0.1) is 34.5 Å². The van der Waals surface area contributed by atoms with E-state index in [1.54, 1.807) is 13.0 Å². The van der Waals surface area contributed by atoms with Crippen LogP contribution in [0.2, 0.25) is 5.02 Å². The van der Waals surface area contributed by atoms with Crippen molar-refractivity contribution < 1.29 is 14.2 Å². The van der Waals surface area contributed by atoms with Crippen molar-refractivity contribution in [1.82, 2.24) is 4.90 Å². The number of benzene rings is 3. The van der Waals surface area contributed by atoms with Crippen molar-refractivity contribution in [1.29, 1.82) is 5.26 Å². The van der Waals surface area contributed by atoms with E-state index in [0.717, 1.165) is 43.0 Å². The summed E-state index contributed by atoms with van der Waals surface area (Å²) in [5.74, 6) is 0.339. The third kappa shape index (κ3) is 5.87. The lowest BCUT2D eigenvalue weighted by Gasteiger charge is -2.43. The number of nitrogens with zero attached hydrogens (tertiary/aromatic N) is 3. The molecular formula is C27H27ClFN3O2. The highest BCUT2D eigenvalue weighted by molar-refractivity contribution is 6.33. The molecule has 2 atom stereocenters. The first kappa shape index (κ1) is 24.0. The highest BCUT2D eigenvalue weighted by Crippen LogP contribution is 2.37. The number of nitriles is 1. The van der Waals surface area contributed by atoms with Crippen LogP contribution in [0, 0.1) is 17.1 Å². The van der Waals surface area contributed by atoms with Gasteiger partial charge in [-0.2, -0.15) is 5.26 Å². The Bertz CT molecular complexity index is 1150. The number of aliphatic hydroxyl groups is 1. The van der Waals surface area contributed by atoms with Gasteiger partial charge in [-0.1, -0.05) is 35.9 Å². The molecule has 1 saturated heterocycles. The van der Waals surface area contributed by atoms with Crippen molar-refractivity contribution >= 4 is 17.3 Å². The van der Waals surface area contributed by atoms with Crippen LogP contribution in [-0.2, 0) is 6.54 Å². The van der Waals surface area contributed by atoms with E-state index >= 15 is 0 Å². The monoisotopic (exact) mass is 479 g/mol. The van der Waals surface area contributed by atoms with Gasteiger partial charge in [0.1, 0.15) is 18.2 Å². The van der Waals surface area contributed by atoms with E-state index in [0.29, 0.717) is 16.3 Å². The number of ether oxygens (including phenoxy) is 1. The van der Waals surface area contributed by atoms with E-state index in [2.05, 4.69) is 15.9 Å². The summed E-state index contributed by atoms with van der Waals surface area (Å²) in [6.45, 7) is 4.93. The van der Waals surface area contributed by atoms with Gasteiger partial charge in [-0.15, -0.1) is 0 Å². The number of halogens is 2. The van der Waals surface area contributed by atoms with E-state index in [-0.39, 0.29) is 18.5 Å². The summed E-state index contributed by atoms with van der Waals surface area (Å²) in [7, 11) is 0. The second-order valence-corrected chi connectivity index (χ2v) is 8.99. The largest absolute Gasteiger partial charge is 0.491 e. The van der Waals surface area contributed by atoms with Crippen LogP contribution in [0.5, 0.6) is 5.75 Å². The molecule has 3 aromatic rings. The second kappa shape index (κ2) is 10.9. The summed E-state index contributed by atoms with van der Waals surface area (Å²) in [4.78, 5) is 4.61. The van der Waals surface area contributed by atoms with Crippen molar-refractivity contribution in [3.63, 3.8) is 0 Å². The van der Waals surface area contributed by atoms with Crippen molar-refractivity contribution in [3.8, 4) is 11.8 Å². The third-order valence-electron chi connectivity index (χ3n) is 5.93. The highest BCUT2D eigenvalue weighted by Gasteiger charge is 2.30. The zero-order valence-corrected chi connectivity index (χ0v) is 19.8. The number of piperazine rings is 1. The van der Waals surface area contributed by atoms with Crippen molar-refractivity contribution in [3.05, 3.63) is 94.3 Å². The molecule has 0 aliphatic carbocycles. The maximum Gasteiger partial charge on any atom is 0.123 e. The smallest absolute Gasteiger partial charge is 0.123 e. The van der Waals surface area contributed by atoms with Gasteiger partial charge in [-0.25, -0.2) is 4.39 Å². The second-order valence-electron chi connectivity index (χ2n) is 8.58. The van der Waals surface area contributed by atoms with E-state index in [9.17, 15) is 9.50 Å². The SMILES string of the molecule is CC(O)COc1ccc(N2CCN(Cc3ccc(C#N)cc3)C[C@H]2c2ccc(F)cc2)c(Cl)c1. The number of rotatable bonds is 7. The first-order valence-corrected chi connectivity index (χ1v) is 11.6. The molecule has 176 valence electrons. The molecule has 1 heterocycles. The molecular weight excluding hydrogens is 453 g/mol. The molecule has 4 rings (SSSR count). The van der Waals surface area contributed by atoms with Gasteiger partial charge < -0.3 is 14.7 Å². The Morgan fingerprint density at radius 1 is 1.12 bits per heavy atom. The van der Waals surface area contributed by atoms with Crippen molar-refractivity contribution in [2.24, 2.45) is 0 Å². The molecule has 0 spiro atoms. The van der Waals surface area contributed by atoms with E-state index in [1.165, 1.54) is 12.1 Å². The lowest BCUT2D eigenvalue weighted by Crippen LogP contribution is -2.48. The third-order valence-corrected chi connectivity index (χ3v) is 6.23. The number of anilines is 1. The van der Waals surface area contributed by atoms with Crippen LogP contribution < -0.4 is 9.64 Å². The van der Waals surface area contributed by atoms with Gasteiger partial charge in [-0.05, 0) is 54.4 Å². The van der Waals surface area contributed by atoms with Gasteiger partial charge >= 0.3 is 0 Å². The summed E-state index contributed by atoms with van der Waals surface area (Å²) in [6.07, 6.45) is -0.564. The molecule has 34 heavy (non-hydrogen) atoms. The molecule has 1 unspecified atom stereocenters. The van der Waals surface area contributed by atoms with Crippen molar-refractivity contribution in [2.45, 2.75) is 25.6 Å². The van der Waals surface area contributed by atoms with Crippen molar-refractivity contribution in [2.75, 3.05) is 31.1 Å². The molecule has 0 radical (unpaired) electrons. The molecule has 0 amide bonds. The molecule has 3 aromatic carbocycles. The van der Waals surface area contributed by atoms with Crippen LogP contribution in [0.3, 0.4) is 0 Å². The summed E-state index contributed by atoms with van der Waals surface area (Å²) in [6, 6.07) is 22.0. The summed E-state index contributed by atoms with van der Waals surface area (Å²) >= 11 is 6.67. The van der Waals surface area contributed by atoms with Gasteiger partial charge in [-0.3, -0.25) is 4.90 Å². The zero-order valence-electron chi connectivity index (χ0n) is 19.0. The normalized spacial score (nSPS) is 17.3. The number of hydrogen-bond acceptors (Lipinski definition) is 5. The van der Waals surface area contributed by atoms with Crippen LogP contribution in [0.1, 0.15) is 29.7 Å². The fourth-order valence-corrected chi connectivity index (χ4v) is 4.49. The lowest BCUT2D eigenvalue weighted by atomic mass is 10.0. The van der Waals surface area contributed by atoms with E-state index in [1.807, 2.05) is 48.5 Å². The minimum atomic E-state index is -0.564. The Morgan fingerprint density at radius 2 is 1.85 bits per heavy atom.